The third-order valence-electron chi connectivity index (χ3n) is 2.38. The number of nitrogens with one attached hydrogen (secondary N) is 2. The molecule has 0 bridgehead atoms. The van der Waals surface area contributed by atoms with Gasteiger partial charge in [0.15, 0.2) is 0 Å². The lowest BCUT2D eigenvalue weighted by molar-refractivity contribution is 0.283. The normalized spacial score (nSPS) is 11.9. The summed E-state index contributed by atoms with van der Waals surface area (Å²) in [4.78, 5) is 0. The Balaban J connectivity index is 2.46. The number of hydrogen-bond acceptors (Lipinski definition) is 5. The van der Waals surface area contributed by atoms with Crippen LogP contribution in [0.25, 0.3) is 0 Å². The Kier molecular flexibility index (Phi) is 6.34. The number of rotatable bonds is 9. The van der Waals surface area contributed by atoms with Crippen molar-refractivity contribution < 1.29 is 17.9 Å². The number of aliphatic hydroxyl groups excluding tert-OH is 1. The second-order valence-electron chi connectivity index (χ2n) is 3.93. The highest BCUT2D eigenvalue weighted by Gasteiger charge is 2.17. The van der Waals surface area contributed by atoms with Gasteiger partial charge in [0.2, 0.25) is 5.09 Å². The molecular formula is C11H20N2O4S. The van der Waals surface area contributed by atoms with Crippen molar-refractivity contribution in [3.8, 4) is 0 Å². The first-order valence-corrected chi connectivity index (χ1v) is 7.42. The molecule has 6 nitrogen and oxygen atoms in total. The van der Waals surface area contributed by atoms with Crippen molar-refractivity contribution in [2.45, 2.75) is 30.9 Å². The van der Waals surface area contributed by atoms with E-state index < -0.39 is 10.0 Å². The van der Waals surface area contributed by atoms with Crippen molar-refractivity contribution >= 4 is 10.0 Å². The molecule has 0 amide bonds. The van der Waals surface area contributed by atoms with E-state index in [0.29, 0.717) is 31.7 Å². The van der Waals surface area contributed by atoms with Gasteiger partial charge in [-0.15, -0.1) is 0 Å². The zero-order chi connectivity index (χ0) is 13.4. The summed E-state index contributed by atoms with van der Waals surface area (Å²) in [5.74, 6) is 0.582. The Morgan fingerprint density at radius 2 is 2.06 bits per heavy atom. The van der Waals surface area contributed by atoms with E-state index in [1.807, 2.05) is 0 Å². The summed E-state index contributed by atoms with van der Waals surface area (Å²) in [6.07, 6.45) is 2.18. The van der Waals surface area contributed by atoms with Crippen LogP contribution in [0, 0.1) is 0 Å². The van der Waals surface area contributed by atoms with Crippen LogP contribution in [0.15, 0.2) is 21.6 Å². The van der Waals surface area contributed by atoms with Gasteiger partial charge in [0.05, 0.1) is 6.54 Å². The van der Waals surface area contributed by atoms with Crippen LogP contribution in [0.1, 0.15) is 25.0 Å². The molecular weight excluding hydrogens is 256 g/mol. The fourth-order valence-corrected chi connectivity index (χ4v) is 2.48. The molecule has 7 heteroatoms. The summed E-state index contributed by atoms with van der Waals surface area (Å²) in [6, 6.07) is 3.08. The molecule has 104 valence electrons. The van der Waals surface area contributed by atoms with Crippen molar-refractivity contribution in [3.63, 3.8) is 0 Å². The summed E-state index contributed by atoms with van der Waals surface area (Å²) in [7, 11) is -1.79. The van der Waals surface area contributed by atoms with Crippen LogP contribution in [-0.2, 0) is 16.6 Å². The van der Waals surface area contributed by atoms with Crippen LogP contribution < -0.4 is 10.0 Å². The minimum atomic E-state index is -3.55. The van der Waals surface area contributed by atoms with Crippen LogP contribution in [-0.4, -0.2) is 33.7 Å². The summed E-state index contributed by atoms with van der Waals surface area (Å²) in [5, 5.41) is 11.4. The van der Waals surface area contributed by atoms with E-state index in [-0.39, 0.29) is 11.7 Å². The standard InChI is InChI=1S/C11H20N2O4S/c1-12-9-10-5-6-11(17-10)18(15,16)13-7-3-2-4-8-14/h5-6,12-14H,2-4,7-9H2,1H3. The number of furan rings is 1. The molecule has 1 rings (SSSR count). The van der Waals surface area contributed by atoms with Gasteiger partial charge in [-0.05, 0) is 38.4 Å². The molecule has 0 aliphatic heterocycles. The van der Waals surface area contributed by atoms with Gasteiger partial charge in [-0.3, -0.25) is 0 Å². The highest BCUT2D eigenvalue weighted by Crippen LogP contribution is 2.13. The van der Waals surface area contributed by atoms with Crippen molar-refractivity contribution in [2.24, 2.45) is 0 Å². The number of aliphatic hydroxyl groups is 1. The Labute approximate surface area is 107 Å². The molecule has 0 radical (unpaired) electrons. The van der Waals surface area contributed by atoms with E-state index in [1.165, 1.54) is 6.07 Å². The lowest BCUT2D eigenvalue weighted by atomic mass is 10.2. The van der Waals surface area contributed by atoms with Crippen LogP contribution >= 0.6 is 0 Å². The summed E-state index contributed by atoms with van der Waals surface area (Å²) in [6.45, 7) is 0.981. The maximum atomic E-state index is 11.8. The van der Waals surface area contributed by atoms with Crippen LogP contribution in [0.2, 0.25) is 0 Å². The van der Waals surface area contributed by atoms with Gasteiger partial charge in [0.25, 0.3) is 10.0 Å². The van der Waals surface area contributed by atoms with Gasteiger partial charge in [0, 0.05) is 13.2 Å². The van der Waals surface area contributed by atoms with E-state index in [1.54, 1.807) is 13.1 Å². The molecule has 1 heterocycles. The first-order chi connectivity index (χ1) is 8.60. The van der Waals surface area contributed by atoms with E-state index in [2.05, 4.69) is 10.0 Å². The smallest absolute Gasteiger partial charge is 0.273 e. The molecule has 18 heavy (non-hydrogen) atoms. The molecule has 0 aliphatic carbocycles. The number of hydrogen-bond donors (Lipinski definition) is 3. The molecule has 0 saturated carbocycles. The van der Waals surface area contributed by atoms with E-state index in [0.717, 1.165) is 6.42 Å². The lowest BCUT2D eigenvalue weighted by Crippen LogP contribution is -2.24. The molecule has 0 spiro atoms. The molecule has 3 N–H and O–H groups in total. The molecule has 1 aromatic heterocycles. The first kappa shape index (κ1) is 15.2. The molecule has 0 aromatic carbocycles. The first-order valence-electron chi connectivity index (χ1n) is 5.94. The largest absolute Gasteiger partial charge is 0.447 e. The van der Waals surface area contributed by atoms with Gasteiger partial charge < -0.3 is 14.8 Å². The van der Waals surface area contributed by atoms with Gasteiger partial charge in [-0.1, -0.05) is 0 Å². The van der Waals surface area contributed by atoms with Crippen LogP contribution in [0.5, 0.6) is 0 Å². The summed E-state index contributed by atoms with van der Waals surface area (Å²) < 4.78 is 31.3. The van der Waals surface area contributed by atoms with Crippen LogP contribution in [0.3, 0.4) is 0 Å². The van der Waals surface area contributed by atoms with Gasteiger partial charge >= 0.3 is 0 Å². The second kappa shape index (κ2) is 7.52. The minimum absolute atomic E-state index is 0.0603. The lowest BCUT2D eigenvalue weighted by Gasteiger charge is -2.03. The molecule has 0 fully saturated rings. The average Bonchev–Trinajstić information content (AvgIpc) is 2.79. The van der Waals surface area contributed by atoms with Crippen molar-refractivity contribution in [3.05, 3.63) is 17.9 Å². The van der Waals surface area contributed by atoms with Gasteiger partial charge in [-0.2, -0.15) is 0 Å². The molecule has 0 saturated heterocycles. The second-order valence-corrected chi connectivity index (χ2v) is 5.63. The third kappa shape index (κ3) is 4.77. The fraction of sp³-hybridized carbons (Fsp3) is 0.636. The zero-order valence-electron chi connectivity index (χ0n) is 10.5. The maximum Gasteiger partial charge on any atom is 0.273 e. The van der Waals surface area contributed by atoms with Gasteiger partial charge in [0.1, 0.15) is 5.76 Å². The predicted molar refractivity (Wildman–Crippen MR) is 67.6 cm³/mol. The third-order valence-corrected chi connectivity index (χ3v) is 3.71. The van der Waals surface area contributed by atoms with Crippen molar-refractivity contribution in [2.75, 3.05) is 20.2 Å². The Morgan fingerprint density at radius 1 is 1.28 bits per heavy atom. The quantitative estimate of drug-likeness (QED) is 0.569. The molecule has 1 aromatic rings. The van der Waals surface area contributed by atoms with Crippen molar-refractivity contribution in [1.82, 2.24) is 10.0 Å². The Morgan fingerprint density at radius 3 is 2.72 bits per heavy atom. The van der Waals surface area contributed by atoms with E-state index in [4.69, 9.17) is 9.52 Å². The number of sulfonamides is 1. The maximum absolute atomic E-state index is 11.8. The molecule has 0 atom stereocenters. The van der Waals surface area contributed by atoms with Crippen molar-refractivity contribution in [1.29, 1.82) is 0 Å². The van der Waals surface area contributed by atoms with E-state index in [9.17, 15) is 8.42 Å². The molecule has 0 unspecified atom stereocenters. The predicted octanol–water partition coefficient (Wildman–Crippen LogP) is 0.440. The summed E-state index contributed by atoms with van der Waals surface area (Å²) in [5.41, 5.74) is 0. The monoisotopic (exact) mass is 276 g/mol. The van der Waals surface area contributed by atoms with Gasteiger partial charge in [-0.25, -0.2) is 13.1 Å². The SMILES string of the molecule is CNCc1ccc(S(=O)(=O)NCCCCCO)o1. The minimum Gasteiger partial charge on any atom is -0.447 e. The summed E-state index contributed by atoms with van der Waals surface area (Å²) >= 11 is 0. The number of unbranched alkanes of at least 4 members (excludes halogenated alkanes) is 2. The highest BCUT2D eigenvalue weighted by molar-refractivity contribution is 7.89. The van der Waals surface area contributed by atoms with E-state index >= 15 is 0 Å². The average molecular weight is 276 g/mol. The Bertz CT molecular complexity index is 442. The Hall–Kier alpha value is -0.890. The van der Waals surface area contributed by atoms with Crippen LogP contribution in [0.4, 0.5) is 0 Å². The topological polar surface area (TPSA) is 91.6 Å². The molecule has 0 aliphatic rings. The fourth-order valence-electron chi connectivity index (χ4n) is 1.46. The highest BCUT2D eigenvalue weighted by atomic mass is 32.2. The zero-order valence-corrected chi connectivity index (χ0v) is 11.3.